The lowest BCUT2D eigenvalue weighted by Gasteiger charge is -2.29. The van der Waals surface area contributed by atoms with E-state index in [9.17, 15) is 19.7 Å². The highest BCUT2D eigenvalue weighted by atomic mass is 32.1. The van der Waals surface area contributed by atoms with Gasteiger partial charge in [0.2, 0.25) is 5.91 Å². The number of likely N-dealkylation sites (tertiary alicyclic amines) is 1. The maximum Gasteiger partial charge on any atom is 0.269 e. The van der Waals surface area contributed by atoms with Gasteiger partial charge in [-0.2, -0.15) is 0 Å². The standard InChI is InChI=1S/C27H31N5O4S/c28-13-14-29-26(33)24-17-23(19-31(24)27(34)25-7-4-16-37-25)30(15-12-20-5-2-1-3-6-20)18-21-8-10-22(11-9-21)32(35)36/h1-11,16,23-24H,12-15,17-19,28H2,(H,29,33). The van der Waals surface area contributed by atoms with Gasteiger partial charge in [-0.3, -0.25) is 24.6 Å². The molecule has 9 nitrogen and oxygen atoms in total. The zero-order valence-electron chi connectivity index (χ0n) is 20.5. The first kappa shape index (κ1) is 26.5. The highest BCUT2D eigenvalue weighted by molar-refractivity contribution is 7.12. The second-order valence-corrected chi connectivity index (χ2v) is 10.00. The van der Waals surface area contributed by atoms with Crippen LogP contribution >= 0.6 is 11.3 Å². The van der Waals surface area contributed by atoms with Gasteiger partial charge < -0.3 is 16.0 Å². The van der Waals surface area contributed by atoms with Gasteiger partial charge in [0.05, 0.1) is 9.80 Å². The lowest BCUT2D eigenvalue weighted by atomic mass is 10.1. The van der Waals surface area contributed by atoms with Gasteiger partial charge in [0.25, 0.3) is 11.6 Å². The van der Waals surface area contributed by atoms with Crippen LogP contribution < -0.4 is 11.1 Å². The number of nitrogens with one attached hydrogen (secondary N) is 1. The Morgan fingerprint density at radius 3 is 2.49 bits per heavy atom. The maximum absolute atomic E-state index is 13.4. The van der Waals surface area contributed by atoms with Gasteiger partial charge in [-0.15, -0.1) is 11.3 Å². The summed E-state index contributed by atoms with van der Waals surface area (Å²) in [6.07, 6.45) is 1.29. The minimum absolute atomic E-state index is 0.0461. The van der Waals surface area contributed by atoms with E-state index in [1.165, 1.54) is 29.0 Å². The average molecular weight is 522 g/mol. The molecule has 2 atom stereocenters. The lowest BCUT2D eigenvalue weighted by Crippen LogP contribution is -2.46. The molecule has 1 aliphatic heterocycles. The minimum atomic E-state index is -0.595. The molecule has 3 aromatic rings. The van der Waals surface area contributed by atoms with Crippen LogP contribution in [0.5, 0.6) is 0 Å². The van der Waals surface area contributed by atoms with Crippen molar-refractivity contribution in [1.82, 2.24) is 15.1 Å². The van der Waals surface area contributed by atoms with Crippen molar-refractivity contribution >= 4 is 28.8 Å². The van der Waals surface area contributed by atoms with Gasteiger partial charge in [0.1, 0.15) is 6.04 Å². The summed E-state index contributed by atoms with van der Waals surface area (Å²) in [5.41, 5.74) is 7.76. The van der Waals surface area contributed by atoms with Gasteiger partial charge in [0, 0.05) is 50.9 Å². The van der Waals surface area contributed by atoms with E-state index in [2.05, 4.69) is 22.3 Å². The smallest absolute Gasteiger partial charge is 0.269 e. The molecule has 194 valence electrons. The van der Waals surface area contributed by atoms with Gasteiger partial charge in [0.15, 0.2) is 0 Å². The third-order valence-corrected chi connectivity index (χ3v) is 7.46. The SMILES string of the molecule is NCCNC(=O)C1CC(N(CCc2ccccc2)Cc2ccc([N+](=O)[O-])cc2)CN1C(=O)c1cccs1. The number of hydrogen-bond acceptors (Lipinski definition) is 7. The molecule has 0 aliphatic carbocycles. The second-order valence-electron chi connectivity index (χ2n) is 9.05. The van der Waals surface area contributed by atoms with Crippen molar-refractivity contribution in [3.05, 3.63) is 98.2 Å². The summed E-state index contributed by atoms with van der Waals surface area (Å²) in [6.45, 7) is 2.35. The molecule has 2 unspecified atom stereocenters. The Morgan fingerprint density at radius 1 is 1.08 bits per heavy atom. The zero-order chi connectivity index (χ0) is 26.2. The predicted molar refractivity (Wildman–Crippen MR) is 143 cm³/mol. The number of carbonyl (C=O) groups excluding carboxylic acids is 2. The molecule has 0 bridgehead atoms. The molecule has 1 saturated heterocycles. The topological polar surface area (TPSA) is 122 Å². The van der Waals surface area contributed by atoms with E-state index in [0.29, 0.717) is 44.0 Å². The molecule has 37 heavy (non-hydrogen) atoms. The van der Waals surface area contributed by atoms with Crippen LogP contribution in [0.4, 0.5) is 5.69 Å². The van der Waals surface area contributed by atoms with Crippen LogP contribution in [0.1, 0.15) is 27.2 Å². The van der Waals surface area contributed by atoms with Crippen molar-refractivity contribution < 1.29 is 14.5 Å². The van der Waals surface area contributed by atoms with Gasteiger partial charge in [-0.1, -0.05) is 48.5 Å². The number of nitro benzene ring substituents is 1. The third kappa shape index (κ3) is 6.79. The van der Waals surface area contributed by atoms with E-state index in [-0.39, 0.29) is 23.5 Å². The average Bonchev–Trinajstić information content (AvgIpc) is 3.61. The molecule has 4 rings (SSSR count). The fraction of sp³-hybridized carbons (Fsp3) is 0.333. The van der Waals surface area contributed by atoms with E-state index in [1.54, 1.807) is 23.1 Å². The minimum Gasteiger partial charge on any atom is -0.353 e. The van der Waals surface area contributed by atoms with Crippen LogP contribution in [-0.2, 0) is 17.8 Å². The summed E-state index contributed by atoms with van der Waals surface area (Å²) in [5, 5.41) is 15.8. The monoisotopic (exact) mass is 521 g/mol. The molecule has 10 heteroatoms. The highest BCUT2D eigenvalue weighted by Crippen LogP contribution is 2.28. The fourth-order valence-corrected chi connectivity index (χ4v) is 5.35. The van der Waals surface area contributed by atoms with E-state index < -0.39 is 11.0 Å². The molecule has 2 heterocycles. The Hall–Kier alpha value is -3.60. The lowest BCUT2D eigenvalue weighted by molar-refractivity contribution is -0.384. The largest absolute Gasteiger partial charge is 0.353 e. The van der Waals surface area contributed by atoms with Crippen LogP contribution in [0, 0.1) is 10.1 Å². The molecular weight excluding hydrogens is 490 g/mol. The molecule has 3 N–H and O–H groups in total. The van der Waals surface area contributed by atoms with Crippen molar-refractivity contribution in [2.24, 2.45) is 5.73 Å². The summed E-state index contributed by atoms with van der Waals surface area (Å²) in [5.74, 6) is -0.347. The second kappa shape index (κ2) is 12.6. The maximum atomic E-state index is 13.4. The molecule has 1 fully saturated rings. The van der Waals surface area contributed by atoms with Gasteiger partial charge in [-0.25, -0.2) is 0 Å². The Bertz CT molecular complexity index is 1190. The number of nitrogens with two attached hydrogens (primary N) is 1. The van der Waals surface area contributed by atoms with E-state index in [1.807, 2.05) is 29.6 Å². The third-order valence-electron chi connectivity index (χ3n) is 6.60. The number of carbonyl (C=O) groups is 2. The number of nitrogens with zero attached hydrogens (tertiary/aromatic N) is 3. The Morgan fingerprint density at radius 2 is 1.84 bits per heavy atom. The number of rotatable bonds is 11. The number of thiophene rings is 1. The van der Waals surface area contributed by atoms with Crippen LogP contribution in [0.2, 0.25) is 0 Å². The molecule has 2 aromatic carbocycles. The number of hydrogen-bond donors (Lipinski definition) is 2. The highest BCUT2D eigenvalue weighted by Gasteiger charge is 2.42. The van der Waals surface area contributed by atoms with Crippen LogP contribution in [-0.4, -0.2) is 64.8 Å². The summed E-state index contributed by atoms with van der Waals surface area (Å²) in [7, 11) is 0. The number of benzene rings is 2. The molecule has 1 aromatic heterocycles. The van der Waals surface area contributed by atoms with Crippen molar-refractivity contribution in [3.8, 4) is 0 Å². The predicted octanol–water partition coefficient (Wildman–Crippen LogP) is 3.06. The molecule has 0 saturated carbocycles. The summed E-state index contributed by atoms with van der Waals surface area (Å²) in [6, 6.07) is 19.6. The Kier molecular flexibility index (Phi) is 8.99. The van der Waals surface area contributed by atoms with Crippen molar-refractivity contribution in [3.63, 3.8) is 0 Å². The number of nitro groups is 1. The van der Waals surface area contributed by atoms with E-state index >= 15 is 0 Å². The molecule has 0 spiro atoms. The first-order valence-corrected chi connectivity index (χ1v) is 13.2. The number of non-ortho nitro benzene ring substituents is 1. The molecule has 0 radical (unpaired) electrons. The molecular formula is C27H31N5O4S. The normalized spacial score (nSPS) is 17.2. The quantitative estimate of drug-likeness (QED) is 0.295. The first-order valence-electron chi connectivity index (χ1n) is 12.3. The van der Waals surface area contributed by atoms with Crippen LogP contribution in [0.15, 0.2) is 72.1 Å². The summed E-state index contributed by atoms with van der Waals surface area (Å²) >= 11 is 1.36. The van der Waals surface area contributed by atoms with Crippen molar-refractivity contribution in [1.29, 1.82) is 0 Å². The Balaban J connectivity index is 1.57. The van der Waals surface area contributed by atoms with Gasteiger partial charge in [-0.05, 0) is 35.4 Å². The van der Waals surface area contributed by atoms with Crippen LogP contribution in [0.3, 0.4) is 0 Å². The van der Waals surface area contributed by atoms with Crippen molar-refractivity contribution in [2.75, 3.05) is 26.2 Å². The van der Waals surface area contributed by atoms with E-state index in [0.717, 1.165) is 12.0 Å². The zero-order valence-corrected chi connectivity index (χ0v) is 21.3. The Labute approximate surface area is 220 Å². The summed E-state index contributed by atoms with van der Waals surface area (Å²) < 4.78 is 0. The molecule has 1 aliphatic rings. The van der Waals surface area contributed by atoms with E-state index in [4.69, 9.17) is 5.73 Å². The first-order chi connectivity index (χ1) is 18.0. The fourth-order valence-electron chi connectivity index (χ4n) is 4.67. The summed E-state index contributed by atoms with van der Waals surface area (Å²) in [4.78, 5) is 41.6. The van der Waals surface area contributed by atoms with Gasteiger partial charge >= 0.3 is 0 Å². The molecule has 2 amide bonds. The van der Waals surface area contributed by atoms with Crippen LogP contribution in [0.25, 0.3) is 0 Å². The number of amides is 2. The van der Waals surface area contributed by atoms with Crippen molar-refractivity contribution in [2.45, 2.75) is 31.5 Å².